The quantitative estimate of drug-likeness (QED) is 0.279. The van der Waals surface area contributed by atoms with Crippen LogP contribution in [0.2, 0.25) is 0 Å². The van der Waals surface area contributed by atoms with Crippen LogP contribution in [-0.2, 0) is 19.9 Å². The van der Waals surface area contributed by atoms with E-state index in [1.54, 1.807) is 7.11 Å². The molecule has 0 aliphatic heterocycles. The van der Waals surface area contributed by atoms with Gasteiger partial charge < -0.3 is 10.1 Å². The normalized spacial score (nSPS) is 41.1. The summed E-state index contributed by atoms with van der Waals surface area (Å²) in [6.45, 7) is 10.8. The number of hydrogen-bond donors (Lipinski definition) is 3. The second kappa shape index (κ2) is 10.6. The number of ether oxygens (including phenoxy) is 1. The van der Waals surface area contributed by atoms with Gasteiger partial charge >= 0.3 is 16.4 Å². The molecular weight excluding hydrogens is 454 g/mol. The summed E-state index contributed by atoms with van der Waals surface area (Å²) in [5.74, 6) is 3.88. The average Bonchev–Trinajstić information content (AvgIpc) is 3.07. The van der Waals surface area contributed by atoms with E-state index in [1.165, 1.54) is 38.5 Å². The molecule has 3 fully saturated rings. The Balaban J connectivity index is 0.000000588. The number of hydrogen-bond acceptors (Lipinski definition) is 5. The summed E-state index contributed by atoms with van der Waals surface area (Å²) >= 11 is 0. The van der Waals surface area contributed by atoms with Crippen LogP contribution in [0, 0.1) is 46.3 Å². The highest BCUT2D eigenvalue weighted by Crippen LogP contribution is 2.67. The standard InChI is InChI=1S/C26H43NO2.H2O4S/c1-17(2)13-15-27-22-16-26(4)20(11-12-21(26)24(28)29-5)19-10-9-18-8-6-7-14-25(18,3)23(19)22;1-5(2,3)4/h6-7,17-23,27H,8-16H2,1-5H3;(H2,1,2,3,4)/t18-,19+,20+,21-,22-,23-,25+,26+;/m1./s1. The Hall–Kier alpha value is -0.960. The van der Waals surface area contributed by atoms with Crippen molar-refractivity contribution < 1.29 is 27.1 Å². The number of fused-ring (bicyclic) bond motifs is 5. The summed E-state index contributed by atoms with van der Waals surface area (Å²) in [6.07, 6.45) is 14.7. The zero-order valence-corrected chi connectivity index (χ0v) is 22.3. The van der Waals surface area contributed by atoms with Gasteiger partial charge in [0.05, 0.1) is 13.0 Å². The summed E-state index contributed by atoms with van der Waals surface area (Å²) in [4.78, 5) is 12.7. The van der Waals surface area contributed by atoms with E-state index in [0.717, 1.165) is 43.1 Å². The molecule has 8 atom stereocenters. The van der Waals surface area contributed by atoms with Gasteiger partial charge in [0.1, 0.15) is 0 Å². The van der Waals surface area contributed by atoms with Crippen molar-refractivity contribution in [1.82, 2.24) is 5.32 Å². The first-order valence-electron chi connectivity index (χ1n) is 13.0. The summed E-state index contributed by atoms with van der Waals surface area (Å²) < 4.78 is 36.9. The van der Waals surface area contributed by atoms with Crippen LogP contribution < -0.4 is 5.32 Å². The van der Waals surface area contributed by atoms with Crippen molar-refractivity contribution in [2.45, 2.75) is 85.1 Å². The van der Waals surface area contributed by atoms with E-state index in [9.17, 15) is 4.79 Å². The molecule has 4 rings (SSSR count). The summed E-state index contributed by atoms with van der Waals surface area (Å²) in [6, 6.07) is 0.532. The molecule has 4 aliphatic rings. The Morgan fingerprint density at radius 2 is 1.79 bits per heavy atom. The van der Waals surface area contributed by atoms with Crippen LogP contribution in [0.4, 0.5) is 0 Å². The van der Waals surface area contributed by atoms with Crippen molar-refractivity contribution >= 4 is 16.4 Å². The van der Waals surface area contributed by atoms with Crippen molar-refractivity contribution in [1.29, 1.82) is 0 Å². The largest absolute Gasteiger partial charge is 0.469 e. The zero-order valence-electron chi connectivity index (χ0n) is 21.5. The van der Waals surface area contributed by atoms with Crippen molar-refractivity contribution in [3.8, 4) is 0 Å². The van der Waals surface area contributed by atoms with Gasteiger partial charge in [-0.1, -0.05) is 39.8 Å². The van der Waals surface area contributed by atoms with Gasteiger partial charge in [0.2, 0.25) is 0 Å². The number of carbonyl (C=O) groups is 1. The Kier molecular flexibility index (Phi) is 8.59. The Morgan fingerprint density at radius 1 is 1.12 bits per heavy atom. The predicted molar refractivity (Wildman–Crippen MR) is 133 cm³/mol. The fourth-order valence-electron chi connectivity index (χ4n) is 8.31. The van der Waals surface area contributed by atoms with Crippen LogP contribution in [0.15, 0.2) is 12.2 Å². The minimum atomic E-state index is -4.67. The Morgan fingerprint density at radius 3 is 2.41 bits per heavy atom. The van der Waals surface area contributed by atoms with Gasteiger partial charge in [0.25, 0.3) is 0 Å². The Labute approximate surface area is 206 Å². The smallest absolute Gasteiger partial charge is 0.394 e. The molecule has 196 valence electrons. The van der Waals surface area contributed by atoms with E-state index >= 15 is 0 Å². The lowest BCUT2D eigenvalue weighted by Gasteiger charge is -2.62. The number of carbonyl (C=O) groups excluding carboxylic acids is 1. The molecule has 4 aliphatic carbocycles. The van der Waals surface area contributed by atoms with Gasteiger partial charge in [-0.15, -0.1) is 0 Å². The van der Waals surface area contributed by atoms with Crippen molar-refractivity contribution in [3.63, 3.8) is 0 Å². The van der Waals surface area contributed by atoms with E-state index in [0.29, 0.717) is 17.4 Å². The third-order valence-electron chi connectivity index (χ3n) is 9.78. The first kappa shape index (κ1) is 27.6. The maximum atomic E-state index is 12.7. The second-order valence-electron chi connectivity index (χ2n) is 12.0. The van der Waals surface area contributed by atoms with Gasteiger partial charge in [-0.2, -0.15) is 8.42 Å². The lowest BCUT2D eigenvalue weighted by atomic mass is 9.44. The predicted octanol–water partition coefficient (Wildman–Crippen LogP) is 4.95. The first-order valence-corrected chi connectivity index (χ1v) is 14.4. The third kappa shape index (κ3) is 5.71. The van der Waals surface area contributed by atoms with Gasteiger partial charge in [-0.05, 0) is 98.3 Å². The van der Waals surface area contributed by atoms with Gasteiger partial charge in [0.15, 0.2) is 0 Å². The van der Waals surface area contributed by atoms with Gasteiger partial charge in [-0.3, -0.25) is 13.9 Å². The highest BCUT2D eigenvalue weighted by atomic mass is 32.3. The number of nitrogens with one attached hydrogen (secondary N) is 1. The van der Waals surface area contributed by atoms with Gasteiger partial charge in [0, 0.05) is 6.04 Å². The third-order valence-corrected chi connectivity index (χ3v) is 9.78. The minimum Gasteiger partial charge on any atom is -0.469 e. The molecule has 0 aromatic rings. The van der Waals surface area contributed by atoms with Crippen LogP contribution in [-0.4, -0.2) is 43.2 Å². The molecule has 0 unspecified atom stereocenters. The summed E-state index contributed by atoms with van der Waals surface area (Å²) in [5, 5.41) is 4.05. The minimum absolute atomic E-state index is 0.0369. The molecule has 0 aromatic carbocycles. The molecule has 8 heteroatoms. The number of rotatable bonds is 5. The van der Waals surface area contributed by atoms with Crippen LogP contribution >= 0.6 is 0 Å². The van der Waals surface area contributed by atoms with E-state index in [4.69, 9.17) is 22.3 Å². The molecule has 0 saturated heterocycles. The monoisotopic (exact) mass is 499 g/mol. The van der Waals surface area contributed by atoms with E-state index in [1.807, 2.05) is 0 Å². The van der Waals surface area contributed by atoms with E-state index in [-0.39, 0.29) is 17.3 Å². The molecule has 0 aromatic heterocycles. The van der Waals surface area contributed by atoms with Gasteiger partial charge in [-0.25, -0.2) is 0 Å². The van der Waals surface area contributed by atoms with Crippen LogP contribution in [0.25, 0.3) is 0 Å². The number of methoxy groups -OCH3 is 1. The maximum Gasteiger partial charge on any atom is 0.394 e. The van der Waals surface area contributed by atoms with Crippen molar-refractivity contribution in [2.75, 3.05) is 13.7 Å². The molecule has 7 nitrogen and oxygen atoms in total. The fourth-order valence-corrected chi connectivity index (χ4v) is 8.31. The number of allylic oxidation sites excluding steroid dienone is 2. The molecule has 3 N–H and O–H groups in total. The van der Waals surface area contributed by atoms with E-state index < -0.39 is 10.4 Å². The van der Waals surface area contributed by atoms with E-state index in [2.05, 4.69) is 45.2 Å². The summed E-state index contributed by atoms with van der Waals surface area (Å²) in [7, 11) is -3.09. The second-order valence-corrected chi connectivity index (χ2v) is 12.9. The highest BCUT2D eigenvalue weighted by Gasteiger charge is 2.63. The lowest BCUT2D eigenvalue weighted by molar-refractivity contribution is -0.157. The van der Waals surface area contributed by atoms with Crippen molar-refractivity contribution in [2.24, 2.45) is 46.3 Å². The Bertz CT molecular complexity index is 849. The van der Waals surface area contributed by atoms with Crippen LogP contribution in [0.5, 0.6) is 0 Å². The molecular formula is C26H45NO6S. The molecule has 0 spiro atoms. The highest BCUT2D eigenvalue weighted by molar-refractivity contribution is 7.79. The SMILES string of the molecule is COC(=O)[C@H]1CC[C@H]2[C@@H]3CC[C@H]4CC=CC[C@]4(C)[C@H]3[C@H](NCCC(C)C)C[C@]12C.O=S(=O)(O)O. The molecule has 0 amide bonds. The van der Waals surface area contributed by atoms with Crippen LogP contribution in [0.3, 0.4) is 0 Å². The lowest BCUT2D eigenvalue weighted by Crippen LogP contribution is -2.61. The summed E-state index contributed by atoms with van der Waals surface area (Å²) in [5.41, 5.74) is 0.509. The number of esters is 1. The molecule has 0 bridgehead atoms. The average molecular weight is 500 g/mol. The molecule has 34 heavy (non-hydrogen) atoms. The fraction of sp³-hybridized carbons (Fsp3) is 0.885. The maximum absolute atomic E-state index is 12.7. The van der Waals surface area contributed by atoms with Crippen LogP contribution in [0.1, 0.15) is 79.1 Å². The topological polar surface area (TPSA) is 113 Å². The van der Waals surface area contributed by atoms with Crippen molar-refractivity contribution in [3.05, 3.63) is 12.2 Å². The zero-order chi connectivity index (χ0) is 25.3. The first-order chi connectivity index (χ1) is 15.8. The molecule has 3 saturated carbocycles. The molecule has 0 heterocycles. The molecule has 0 radical (unpaired) electrons.